The fourth-order valence-corrected chi connectivity index (χ4v) is 3.56. The second-order valence-corrected chi connectivity index (χ2v) is 8.37. The Bertz CT molecular complexity index is 685. The van der Waals surface area contributed by atoms with Gasteiger partial charge < -0.3 is 20.9 Å². The van der Waals surface area contributed by atoms with Crippen molar-refractivity contribution in [1.82, 2.24) is 15.1 Å². The minimum Gasteiger partial charge on any atom is -0.368 e. The Labute approximate surface area is 173 Å². The highest BCUT2D eigenvalue weighted by atomic mass is 16.2. The zero-order valence-corrected chi connectivity index (χ0v) is 17.8. The maximum atomic E-state index is 13.0. The lowest BCUT2D eigenvalue weighted by Gasteiger charge is -2.33. The van der Waals surface area contributed by atoms with Crippen LogP contribution in [0.3, 0.4) is 0 Å². The van der Waals surface area contributed by atoms with Crippen LogP contribution in [-0.2, 0) is 20.8 Å². The normalized spacial score (nSPS) is 17.0. The van der Waals surface area contributed by atoms with Gasteiger partial charge in [-0.25, -0.2) is 0 Å². The molecule has 1 aliphatic heterocycles. The van der Waals surface area contributed by atoms with Gasteiger partial charge >= 0.3 is 0 Å². The molecule has 2 atom stereocenters. The van der Waals surface area contributed by atoms with Gasteiger partial charge in [0.05, 0.1) is 5.92 Å². The number of nitrogens with zero attached hydrogens (tertiary/aromatic N) is 2. The van der Waals surface area contributed by atoms with Crippen molar-refractivity contribution in [2.24, 2.45) is 17.6 Å². The monoisotopic (exact) mass is 402 g/mol. The maximum Gasteiger partial charge on any atom is 0.240 e. The van der Waals surface area contributed by atoms with Gasteiger partial charge in [0.1, 0.15) is 6.04 Å². The highest BCUT2D eigenvalue weighted by molar-refractivity contribution is 5.90. The van der Waals surface area contributed by atoms with Gasteiger partial charge in [-0.1, -0.05) is 44.2 Å². The zero-order chi connectivity index (χ0) is 21.4. The van der Waals surface area contributed by atoms with Crippen LogP contribution in [0.4, 0.5) is 0 Å². The molecule has 7 nitrogen and oxygen atoms in total. The van der Waals surface area contributed by atoms with Gasteiger partial charge in [0.2, 0.25) is 17.7 Å². The second kappa shape index (κ2) is 11.0. The van der Waals surface area contributed by atoms with E-state index in [2.05, 4.69) is 10.2 Å². The predicted octanol–water partition coefficient (Wildman–Crippen LogP) is 1.03. The third-order valence-electron chi connectivity index (χ3n) is 5.34. The lowest BCUT2D eigenvalue weighted by atomic mass is 9.93. The molecule has 0 bridgehead atoms. The van der Waals surface area contributed by atoms with Crippen LogP contribution in [-0.4, -0.2) is 66.8 Å². The van der Waals surface area contributed by atoms with E-state index in [9.17, 15) is 14.4 Å². The highest BCUT2D eigenvalue weighted by Crippen LogP contribution is 2.16. The van der Waals surface area contributed by atoms with Crippen LogP contribution in [0.25, 0.3) is 0 Å². The molecule has 3 amide bonds. The Morgan fingerprint density at radius 3 is 2.24 bits per heavy atom. The van der Waals surface area contributed by atoms with E-state index in [0.29, 0.717) is 25.9 Å². The molecule has 1 heterocycles. The van der Waals surface area contributed by atoms with E-state index in [4.69, 9.17) is 5.73 Å². The summed E-state index contributed by atoms with van der Waals surface area (Å²) in [4.78, 5) is 41.6. The Balaban J connectivity index is 2.10. The lowest BCUT2D eigenvalue weighted by Crippen LogP contribution is -2.50. The first-order valence-electron chi connectivity index (χ1n) is 10.4. The SMILES string of the molecule is CC(C)C[C@@H](NC(=O)C(CC(=O)N1CCN(C)CC1)Cc1ccccc1)C(N)=O. The Hall–Kier alpha value is -2.41. The number of amides is 3. The largest absolute Gasteiger partial charge is 0.368 e. The Kier molecular flexibility index (Phi) is 8.64. The third-order valence-corrected chi connectivity index (χ3v) is 5.34. The topological polar surface area (TPSA) is 95.7 Å². The van der Waals surface area contributed by atoms with E-state index in [0.717, 1.165) is 18.7 Å². The standard InChI is InChI=1S/C22H34N4O3/c1-16(2)13-19(21(23)28)24-22(29)18(14-17-7-5-4-6-8-17)15-20(27)26-11-9-25(3)10-12-26/h4-8,16,18-19H,9-15H2,1-3H3,(H2,23,28)(H,24,29)/t18?,19-/m1/s1. The summed E-state index contributed by atoms with van der Waals surface area (Å²) in [6, 6.07) is 8.91. The second-order valence-electron chi connectivity index (χ2n) is 8.37. The van der Waals surface area contributed by atoms with Gasteiger partial charge in [0.15, 0.2) is 0 Å². The minimum absolute atomic E-state index is 0.0198. The van der Waals surface area contributed by atoms with E-state index >= 15 is 0 Å². The van der Waals surface area contributed by atoms with Gasteiger partial charge in [0.25, 0.3) is 0 Å². The number of hydrogen-bond donors (Lipinski definition) is 2. The molecule has 1 aliphatic rings. The minimum atomic E-state index is -0.723. The number of nitrogens with one attached hydrogen (secondary N) is 1. The summed E-state index contributed by atoms with van der Waals surface area (Å²) in [6.07, 6.45) is 1.04. The summed E-state index contributed by atoms with van der Waals surface area (Å²) >= 11 is 0. The number of carbonyl (C=O) groups is 3. The Morgan fingerprint density at radius 2 is 1.69 bits per heavy atom. The summed E-state index contributed by atoms with van der Waals surface area (Å²) in [5.41, 5.74) is 6.47. The third kappa shape index (κ3) is 7.49. The summed E-state index contributed by atoms with van der Waals surface area (Å²) in [7, 11) is 2.03. The van der Waals surface area contributed by atoms with E-state index in [1.165, 1.54) is 0 Å². The molecule has 2 rings (SSSR count). The van der Waals surface area contributed by atoms with Gasteiger partial charge in [-0.15, -0.1) is 0 Å². The first kappa shape index (κ1) is 22.9. The number of rotatable bonds is 9. The molecule has 0 aromatic heterocycles. The van der Waals surface area contributed by atoms with Crippen molar-refractivity contribution in [3.63, 3.8) is 0 Å². The van der Waals surface area contributed by atoms with Crippen molar-refractivity contribution < 1.29 is 14.4 Å². The summed E-state index contributed by atoms with van der Waals surface area (Å²) in [5, 5.41) is 2.79. The number of nitrogens with two attached hydrogens (primary N) is 1. The van der Waals surface area contributed by atoms with Crippen LogP contribution in [0, 0.1) is 11.8 Å². The molecular formula is C22H34N4O3. The summed E-state index contributed by atoms with van der Waals surface area (Å²) in [6.45, 7) is 6.96. The molecule has 29 heavy (non-hydrogen) atoms. The average molecular weight is 403 g/mol. The van der Waals surface area contributed by atoms with E-state index in [1.807, 2.05) is 56.1 Å². The molecule has 1 aromatic rings. The van der Waals surface area contributed by atoms with Crippen molar-refractivity contribution in [3.05, 3.63) is 35.9 Å². The first-order valence-corrected chi connectivity index (χ1v) is 10.4. The van der Waals surface area contributed by atoms with E-state index < -0.39 is 17.9 Å². The predicted molar refractivity (Wildman–Crippen MR) is 113 cm³/mol. The fraction of sp³-hybridized carbons (Fsp3) is 0.591. The van der Waals surface area contributed by atoms with Crippen LogP contribution < -0.4 is 11.1 Å². The quantitative estimate of drug-likeness (QED) is 0.645. The fourth-order valence-electron chi connectivity index (χ4n) is 3.56. The zero-order valence-electron chi connectivity index (χ0n) is 17.8. The molecule has 0 radical (unpaired) electrons. The molecule has 160 valence electrons. The van der Waals surface area contributed by atoms with Gasteiger partial charge in [-0.3, -0.25) is 14.4 Å². The number of hydrogen-bond acceptors (Lipinski definition) is 4. The van der Waals surface area contributed by atoms with E-state index in [1.54, 1.807) is 0 Å². The van der Waals surface area contributed by atoms with Crippen molar-refractivity contribution in [2.45, 2.75) is 39.2 Å². The molecular weight excluding hydrogens is 368 g/mol. The molecule has 0 saturated carbocycles. The molecule has 1 saturated heterocycles. The van der Waals surface area contributed by atoms with Crippen molar-refractivity contribution in [2.75, 3.05) is 33.2 Å². The number of primary amides is 1. The Morgan fingerprint density at radius 1 is 1.07 bits per heavy atom. The molecule has 1 aromatic carbocycles. The van der Waals surface area contributed by atoms with Crippen LogP contribution in [0.15, 0.2) is 30.3 Å². The molecule has 1 unspecified atom stereocenters. The summed E-state index contributed by atoms with van der Waals surface area (Å²) in [5.74, 6) is -1.18. The molecule has 0 spiro atoms. The van der Waals surface area contributed by atoms with Gasteiger partial charge in [0, 0.05) is 32.6 Å². The highest BCUT2D eigenvalue weighted by Gasteiger charge is 2.29. The van der Waals surface area contributed by atoms with Crippen LogP contribution >= 0.6 is 0 Å². The van der Waals surface area contributed by atoms with Crippen LogP contribution in [0.2, 0.25) is 0 Å². The average Bonchev–Trinajstić information content (AvgIpc) is 2.67. The number of benzene rings is 1. The van der Waals surface area contributed by atoms with Gasteiger partial charge in [-0.05, 0) is 31.4 Å². The summed E-state index contributed by atoms with van der Waals surface area (Å²) < 4.78 is 0. The van der Waals surface area contributed by atoms with Crippen LogP contribution in [0.1, 0.15) is 32.3 Å². The van der Waals surface area contributed by atoms with Crippen molar-refractivity contribution >= 4 is 17.7 Å². The molecule has 7 heteroatoms. The first-order chi connectivity index (χ1) is 13.8. The number of carbonyl (C=O) groups excluding carboxylic acids is 3. The molecule has 0 aliphatic carbocycles. The van der Waals surface area contributed by atoms with Gasteiger partial charge in [-0.2, -0.15) is 0 Å². The van der Waals surface area contributed by atoms with Crippen molar-refractivity contribution in [1.29, 1.82) is 0 Å². The maximum absolute atomic E-state index is 13.0. The number of likely N-dealkylation sites (N-methyl/N-ethyl adjacent to an activating group) is 1. The molecule has 3 N–H and O–H groups in total. The number of piperazine rings is 1. The van der Waals surface area contributed by atoms with Crippen molar-refractivity contribution in [3.8, 4) is 0 Å². The van der Waals surface area contributed by atoms with E-state index in [-0.39, 0.29) is 24.2 Å². The lowest BCUT2D eigenvalue weighted by molar-refractivity contribution is -0.138. The molecule has 1 fully saturated rings. The smallest absolute Gasteiger partial charge is 0.240 e. The van der Waals surface area contributed by atoms with Crippen LogP contribution in [0.5, 0.6) is 0 Å².